The normalized spacial score (nSPS) is 23.9. The van der Waals surface area contributed by atoms with Gasteiger partial charge in [0.1, 0.15) is 5.75 Å². The first-order valence-electron chi connectivity index (χ1n) is 9.78. The fourth-order valence-corrected chi connectivity index (χ4v) is 4.34. The van der Waals surface area contributed by atoms with Crippen LogP contribution in [-0.2, 0) is 4.79 Å². The van der Waals surface area contributed by atoms with Gasteiger partial charge in [-0.25, -0.2) is 0 Å². The van der Waals surface area contributed by atoms with Gasteiger partial charge in [0.15, 0.2) is 0 Å². The Morgan fingerprint density at radius 1 is 1.32 bits per heavy atom. The molecule has 1 saturated heterocycles. The largest absolute Gasteiger partial charge is 0.573 e. The van der Waals surface area contributed by atoms with E-state index in [1.807, 2.05) is 6.92 Å². The second-order valence-electron chi connectivity index (χ2n) is 7.86. The van der Waals surface area contributed by atoms with Crippen LogP contribution in [0.15, 0.2) is 24.3 Å². The molecule has 3 rings (SSSR count). The Balaban J connectivity index is 1.94. The monoisotopic (exact) mass is 400 g/mol. The van der Waals surface area contributed by atoms with Crippen LogP contribution < -0.4 is 10.1 Å². The minimum absolute atomic E-state index is 0.124. The minimum Gasteiger partial charge on any atom is -0.406 e. The Bertz CT molecular complexity index is 690. The number of carbonyl (C=O) groups excluding carboxylic acids is 1. The number of piperazine rings is 1. The number of hydrogen-bond acceptors (Lipinski definition) is 4. The van der Waals surface area contributed by atoms with Crippen LogP contribution in [0, 0.1) is 0 Å². The average Bonchev–Trinajstić information content (AvgIpc) is 2.61. The van der Waals surface area contributed by atoms with Crippen LogP contribution in [-0.4, -0.2) is 53.6 Å². The van der Waals surface area contributed by atoms with Gasteiger partial charge in [-0.05, 0) is 37.5 Å². The lowest BCUT2D eigenvalue weighted by Gasteiger charge is -2.42. The highest BCUT2D eigenvalue weighted by molar-refractivity contribution is 5.85. The molecule has 0 spiro atoms. The first-order valence-corrected chi connectivity index (χ1v) is 9.78. The molecule has 1 saturated carbocycles. The lowest BCUT2D eigenvalue weighted by atomic mass is 9.72. The van der Waals surface area contributed by atoms with Gasteiger partial charge in [-0.2, -0.15) is 0 Å². The maximum atomic E-state index is 13.4. The molecule has 2 N–H and O–H groups in total. The zero-order valence-electron chi connectivity index (χ0n) is 16.0. The number of aliphatic hydroxyl groups is 1. The number of rotatable bonds is 4. The summed E-state index contributed by atoms with van der Waals surface area (Å²) in [7, 11) is 0. The number of nitrogens with zero attached hydrogens (tertiary/aromatic N) is 1. The highest BCUT2D eigenvalue weighted by atomic mass is 19.4. The second kappa shape index (κ2) is 8.29. The van der Waals surface area contributed by atoms with Gasteiger partial charge in [-0.15, -0.1) is 13.2 Å². The minimum atomic E-state index is -4.81. The third kappa shape index (κ3) is 4.97. The number of carbonyl (C=O) groups is 1. The van der Waals surface area contributed by atoms with E-state index in [2.05, 4.69) is 10.1 Å². The van der Waals surface area contributed by atoms with E-state index in [4.69, 9.17) is 0 Å². The third-order valence-electron chi connectivity index (χ3n) is 5.61. The van der Waals surface area contributed by atoms with E-state index in [0.717, 1.165) is 19.3 Å². The number of amides is 1. The van der Waals surface area contributed by atoms with Crippen molar-refractivity contribution in [2.45, 2.75) is 63.0 Å². The number of benzene rings is 1. The van der Waals surface area contributed by atoms with Crippen molar-refractivity contribution in [3.8, 4) is 5.75 Å². The Kier molecular flexibility index (Phi) is 6.19. The first-order chi connectivity index (χ1) is 13.2. The summed E-state index contributed by atoms with van der Waals surface area (Å²) >= 11 is 0. The average molecular weight is 400 g/mol. The second-order valence-corrected chi connectivity index (χ2v) is 7.86. The van der Waals surface area contributed by atoms with E-state index in [9.17, 15) is 23.1 Å². The Labute approximate surface area is 162 Å². The molecule has 1 amide bonds. The van der Waals surface area contributed by atoms with Crippen LogP contribution in [0.1, 0.15) is 50.5 Å². The Morgan fingerprint density at radius 2 is 2.04 bits per heavy atom. The van der Waals surface area contributed by atoms with Crippen LogP contribution in [0.2, 0.25) is 0 Å². The Morgan fingerprint density at radius 3 is 2.68 bits per heavy atom. The smallest absolute Gasteiger partial charge is 0.406 e. The van der Waals surface area contributed by atoms with Crippen LogP contribution in [0.4, 0.5) is 13.2 Å². The predicted octanol–water partition coefficient (Wildman–Crippen LogP) is 3.18. The van der Waals surface area contributed by atoms with Crippen LogP contribution >= 0.6 is 0 Å². The summed E-state index contributed by atoms with van der Waals surface area (Å²) in [5.74, 6) is -1.52. The molecular weight excluding hydrogens is 373 g/mol. The SMILES string of the molecule is C[C@@H]1CN(C(=O)C(c2cccc(OC(F)(F)F)c2)C2(O)CCCCC2)CCN1. The number of hydrogen-bond donors (Lipinski definition) is 2. The van der Waals surface area contributed by atoms with E-state index in [1.165, 1.54) is 18.2 Å². The van der Waals surface area contributed by atoms with Gasteiger partial charge < -0.3 is 20.1 Å². The standard InChI is InChI=1S/C20H27F3N2O3/c1-14-13-25(11-10-24-14)18(26)17(19(27)8-3-2-4-9-19)15-6-5-7-16(12-15)28-20(21,22)23/h5-7,12,14,17,24,27H,2-4,8-11,13H2,1H3/t14-,17?/m1/s1. The van der Waals surface area contributed by atoms with Gasteiger partial charge in [0.25, 0.3) is 0 Å². The van der Waals surface area contributed by atoms with Crippen LogP contribution in [0.25, 0.3) is 0 Å². The molecule has 0 aromatic heterocycles. The van der Waals surface area contributed by atoms with Crippen molar-refractivity contribution < 1.29 is 27.8 Å². The first kappa shape index (κ1) is 20.9. The zero-order valence-corrected chi connectivity index (χ0v) is 16.0. The molecule has 1 aliphatic heterocycles. The molecule has 8 heteroatoms. The maximum absolute atomic E-state index is 13.4. The molecule has 2 atom stereocenters. The summed E-state index contributed by atoms with van der Waals surface area (Å²) in [5.41, 5.74) is -0.900. The van der Waals surface area contributed by atoms with Crippen molar-refractivity contribution in [3.05, 3.63) is 29.8 Å². The Hall–Kier alpha value is -1.80. The van der Waals surface area contributed by atoms with Crippen LogP contribution in [0.5, 0.6) is 5.75 Å². The van der Waals surface area contributed by atoms with Gasteiger partial charge in [0, 0.05) is 25.7 Å². The van der Waals surface area contributed by atoms with E-state index in [-0.39, 0.29) is 17.7 Å². The molecular formula is C20H27F3N2O3. The molecule has 1 heterocycles. The maximum Gasteiger partial charge on any atom is 0.573 e. The van der Waals surface area contributed by atoms with Crippen LogP contribution in [0.3, 0.4) is 0 Å². The third-order valence-corrected chi connectivity index (χ3v) is 5.61. The molecule has 156 valence electrons. The quantitative estimate of drug-likeness (QED) is 0.815. The summed E-state index contributed by atoms with van der Waals surface area (Å²) in [5, 5.41) is 14.6. The summed E-state index contributed by atoms with van der Waals surface area (Å²) in [6, 6.07) is 5.59. The van der Waals surface area contributed by atoms with E-state index >= 15 is 0 Å². The van der Waals surface area contributed by atoms with Gasteiger partial charge in [0.2, 0.25) is 5.91 Å². The fraction of sp³-hybridized carbons (Fsp3) is 0.650. The molecule has 2 aliphatic rings. The molecule has 0 bridgehead atoms. The number of alkyl halides is 3. The van der Waals surface area contributed by atoms with Crippen molar-refractivity contribution >= 4 is 5.91 Å². The van der Waals surface area contributed by atoms with E-state index in [0.29, 0.717) is 38.0 Å². The topological polar surface area (TPSA) is 61.8 Å². The van der Waals surface area contributed by atoms with Gasteiger partial charge in [0.05, 0.1) is 11.5 Å². The molecule has 1 aromatic carbocycles. The molecule has 28 heavy (non-hydrogen) atoms. The van der Waals surface area contributed by atoms with Gasteiger partial charge in [-0.3, -0.25) is 4.79 Å². The lowest BCUT2D eigenvalue weighted by molar-refractivity contribution is -0.274. The predicted molar refractivity (Wildman–Crippen MR) is 97.9 cm³/mol. The van der Waals surface area contributed by atoms with Crippen molar-refractivity contribution in [3.63, 3.8) is 0 Å². The number of ether oxygens (including phenoxy) is 1. The van der Waals surface area contributed by atoms with Gasteiger partial charge in [-0.1, -0.05) is 31.4 Å². The zero-order chi connectivity index (χ0) is 20.4. The van der Waals surface area contributed by atoms with Crippen molar-refractivity contribution in [1.82, 2.24) is 10.2 Å². The molecule has 0 radical (unpaired) electrons. The van der Waals surface area contributed by atoms with E-state index < -0.39 is 17.9 Å². The summed E-state index contributed by atoms with van der Waals surface area (Å²) < 4.78 is 42.0. The highest BCUT2D eigenvalue weighted by Gasteiger charge is 2.45. The summed E-state index contributed by atoms with van der Waals surface area (Å²) in [4.78, 5) is 15.1. The fourth-order valence-electron chi connectivity index (χ4n) is 4.34. The lowest BCUT2D eigenvalue weighted by Crippen LogP contribution is -2.55. The molecule has 2 fully saturated rings. The van der Waals surface area contributed by atoms with Gasteiger partial charge >= 0.3 is 6.36 Å². The molecule has 1 aromatic rings. The molecule has 1 unspecified atom stereocenters. The van der Waals surface area contributed by atoms with Crippen molar-refractivity contribution in [1.29, 1.82) is 0 Å². The van der Waals surface area contributed by atoms with E-state index in [1.54, 1.807) is 11.0 Å². The van der Waals surface area contributed by atoms with Crippen molar-refractivity contribution in [2.75, 3.05) is 19.6 Å². The van der Waals surface area contributed by atoms with Crippen molar-refractivity contribution in [2.24, 2.45) is 0 Å². The summed E-state index contributed by atoms with van der Waals surface area (Å²) in [6.45, 7) is 3.63. The summed E-state index contributed by atoms with van der Waals surface area (Å²) in [6.07, 6.45) is -1.35. The number of halogens is 3. The molecule has 1 aliphatic carbocycles. The highest BCUT2D eigenvalue weighted by Crippen LogP contribution is 2.42. The number of nitrogens with one attached hydrogen (secondary N) is 1. The molecule has 5 nitrogen and oxygen atoms in total.